The average Bonchev–Trinajstić information content (AvgIpc) is 3.30. The van der Waals surface area contributed by atoms with Crippen molar-refractivity contribution in [2.75, 3.05) is 42.1 Å². The van der Waals surface area contributed by atoms with Gasteiger partial charge in [-0.3, -0.25) is 9.59 Å². The largest absolute Gasteiger partial charge is 0.369 e. The van der Waals surface area contributed by atoms with E-state index in [1.165, 1.54) is 15.1 Å². The first-order chi connectivity index (χ1) is 16.2. The van der Waals surface area contributed by atoms with Crippen LogP contribution in [0.3, 0.4) is 0 Å². The van der Waals surface area contributed by atoms with Gasteiger partial charge < -0.3 is 16.0 Å². The molecule has 0 radical (unpaired) electrons. The van der Waals surface area contributed by atoms with E-state index in [-0.39, 0.29) is 5.69 Å². The van der Waals surface area contributed by atoms with Gasteiger partial charge in [-0.15, -0.1) is 0 Å². The number of nitrogens with two attached hydrogens (primary N) is 1. The molecule has 3 aromatic rings. The summed E-state index contributed by atoms with van der Waals surface area (Å²) in [6, 6.07) is 16.2. The van der Waals surface area contributed by atoms with E-state index in [0.29, 0.717) is 37.6 Å². The number of nitrogens with one attached hydrogen (secondary N) is 1. The van der Waals surface area contributed by atoms with Gasteiger partial charge in [-0.25, -0.2) is 13.1 Å². The van der Waals surface area contributed by atoms with Crippen molar-refractivity contribution < 1.29 is 18.0 Å². The van der Waals surface area contributed by atoms with Gasteiger partial charge >= 0.3 is 0 Å². The highest BCUT2D eigenvalue weighted by Gasteiger charge is 2.29. The molecular weight excluding hydrogens is 456 g/mol. The van der Waals surface area contributed by atoms with Crippen molar-refractivity contribution in [3.05, 3.63) is 72.1 Å². The second kappa shape index (κ2) is 9.65. The summed E-state index contributed by atoms with van der Waals surface area (Å²) < 4.78 is 28.4. The van der Waals surface area contributed by atoms with Crippen molar-refractivity contribution in [3.63, 3.8) is 0 Å². The smallest absolute Gasteiger partial charge is 0.269 e. The molecular formula is C23H26N6O4S. The van der Waals surface area contributed by atoms with Gasteiger partial charge in [0.15, 0.2) is 0 Å². The Kier molecular flexibility index (Phi) is 6.66. The maximum atomic E-state index is 12.8. The molecule has 0 bridgehead atoms. The number of sulfonamides is 1. The van der Waals surface area contributed by atoms with Crippen LogP contribution in [0.2, 0.25) is 0 Å². The minimum absolute atomic E-state index is 0.141. The van der Waals surface area contributed by atoms with Crippen LogP contribution < -0.4 is 16.0 Å². The first kappa shape index (κ1) is 23.5. The molecule has 2 heterocycles. The number of carbonyl (C=O) groups is 2. The molecule has 0 saturated carbocycles. The highest BCUT2D eigenvalue weighted by Crippen LogP contribution is 2.19. The Morgan fingerprint density at radius 1 is 1.00 bits per heavy atom. The number of hydrogen-bond acceptors (Lipinski definition) is 6. The molecule has 2 amide bonds. The lowest BCUT2D eigenvalue weighted by atomic mass is 10.2. The summed E-state index contributed by atoms with van der Waals surface area (Å²) in [6.45, 7) is 3.81. The van der Waals surface area contributed by atoms with Gasteiger partial charge in [0, 0.05) is 43.8 Å². The van der Waals surface area contributed by atoms with E-state index in [1.54, 1.807) is 30.5 Å². The topological polar surface area (TPSA) is 131 Å². The monoisotopic (exact) mass is 482 g/mol. The molecule has 2 aromatic carbocycles. The van der Waals surface area contributed by atoms with Gasteiger partial charge in [0.1, 0.15) is 11.4 Å². The summed E-state index contributed by atoms with van der Waals surface area (Å²) in [4.78, 5) is 25.8. The number of hydrogen-bond donors (Lipinski definition) is 2. The highest BCUT2D eigenvalue weighted by molar-refractivity contribution is 7.89. The number of carbonyl (C=O) groups excluding carboxylic acids is 2. The molecule has 1 aliphatic rings. The normalized spacial score (nSPS) is 14.7. The van der Waals surface area contributed by atoms with Gasteiger partial charge in [0.25, 0.3) is 5.91 Å². The van der Waals surface area contributed by atoms with E-state index in [2.05, 4.69) is 21.4 Å². The first-order valence-electron chi connectivity index (χ1n) is 10.8. The van der Waals surface area contributed by atoms with Gasteiger partial charge in [0.05, 0.1) is 5.69 Å². The summed E-state index contributed by atoms with van der Waals surface area (Å²) >= 11 is 0. The Labute approximate surface area is 198 Å². The third-order valence-corrected chi connectivity index (χ3v) is 7.35. The van der Waals surface area contributed by atoms with E-state index in [1.807, 2.05) is 25.1 Å². The van der Waals surface area contributed by atoms with Crippen LogP contribution in [0, 0.1) is 6.92 Å². The standard InChI is InChI=1S/C23H26N6O4S/c1-17-3-2-4-20(15-17)27-11-13-28(14-12-27)34(32,33)16-22(30)25-18-5-7-19(8-6-18)29-10-9-21(26-29)23(24)31/h2-10,15H,11-14,16H2,1H3,(H2,24,31)(H,25,30). The zero-order valence-corrected chi connectivity index (χ0v) is 19.5. The zero-order valence-electron chi connectivity index (χ0n) is 18.7. The van der Waals surface area contributed by atoms with Crippen molar-refractivity contribution in [1.29, 1.82) is 0 Å². The Morgan fingerprint density at radius 3 is 2.32 bits per heavy atom. The first-order valence-corrected chi connectivity index (χ1v) is 12.4. The quantitative estimate of drug-likeness (QED) is 0.523. The number of anilines is 2. The molecule has 0 unspecified atom stereocenters. The maximum absolute atomic E-state index is 12.8. The predicted molar refractivity (Wildman–Crippen MR) is 129 cm³/mol. The number of piperazine rings is 1. The SMILES string of the molecule is Cc1cccc(N2CCN(S(=O)(=O)CC(=O)Nc3ccc(-n4ccc(C(N)=O)n4)cc3)CC2)c1. The van der Waals surface area contributed by atoms with Crippen molar-refractivity contribution in [2.45, 2.75) is 6.92 Å². The lowest BCUT2D eigenvalue weighted by Gasteiger charge is -2.35. The molecule has 178 valence electrons. The van der Waals surface area contributed by atoms with Gasteiger partial charge in [-0.1, -0.05) is 12.1 Å². The molecule has 1 fully saturated rings. The Hall–Kier alpha value is -3.70. The molecule has 34 heavy (non-hydrogen) atoms. The van der Waals surface area contributed by atoms with E-state index >= 15 is 0 Å². The molecule has 1 aromatic heterocycles. The molecule has 1 saturated heterocycles. The molecule has 4 rings (SSSR count). The zero-order chi connectivity index (χ0) is 24.3. The fourth-order valence-electron chi connectivity index (χ4n) is 3.80. The second-order valence-electron chi connectivity index (χ2n) is 8.09. The molecule has 11 heteroatoms. The minimum atomic E-state index is -3.74. The molecule has 0 aliphatic carbocycles. The summed E-state index contributed by atoms with van der Waals surface area (Å²) in [6.07, 6.45) is 1.60. The lowest BCUT2D eigenvalue weighted by Crippen LogP contribution is -2.50. The average molecular weight is 483 g/mol. The number of rotatable bonds is 7. The van der Waals surface area contributed by atoms with Crippen LogP contribution in [-0.4, -0.2) is 66.2 Å². The Bertz CT molecular complexity index is 1300. The Balaban J connectivity index is 1.32. The van der Waals surface area contributed by atoms with Gasteiger partial charge in [-0.2, -0.15) is 9.40 Å². The lowest BCUT2D eigenvalue weighted by molar-refractivity contribution is -0.113. The van der Waals surface area contributed by atoms with Crippen molar-refractivity contribution in [2.24, 2.45) is 5.73 Å². The molecule has 3 N–H and O–H groups in total. The summed E-state index contributed by atoms with van der Waals surface area (Å²) in [5, 5.41) is 6.69. The maximum Gasteiger partial charge on any atom is 0.269 e. The molecule has 1 aliphatic heterocycles. The highest BCUT2D eigenvalue weighted by atomic mass is 32.2. The second-order valence-corrected chi connectivity index (χ2v) is 10.1. The number of benzene rings is 2. The van der Waals surface area contributed by atoms with Crippen LogP contribution in [0.1, 0.15) is 16.1 Å². The summed E-state index contributed by atoms with van der Waals surface area (Å²) in [5.41, 5.74) is 8.68. The molecule has 10 nitrogen and oxygen atoms in total. The van der Waals surface area contributed by atoms with Gasteiger partial charge in [-0.05, 0) is 55.0 Å². The van der Waals surface area contributed by atoms with Crippen LogP contribution in [-0.2, 0) is 14.8 Å². The minimum Gasteiger partial charge on any atom is -0.369 e. The van der Waals surface area contributed by atoms with E-state index in [9.17, 15) is 18.0 Å². The third-order valence-electron chi connectivity index (χ3n) is 5.57. The molecule has 0 atom stereocenters. The van der Waals surface area contributed by atoms with E-state index in [4.69, 9.17) is 5.73 Å². The Morgan fingerprint density at radius 2 is 1.71 bits per heavy atom. The number of primary amides is 1. The summed E-state index contributed by atoms with van der Waals surface area (Å²) in [5.74, 6) is -1.86. The number of amides is 2. The third kappa shape index (κ3) is 5.43. The van der Waals surface area contributed by atoms with Crippen LogP contribution in [0.4, 0.5) is 11.4 Å². The van der Waals surface area contributed by atoms with Crippen LogP contribution >= 0.6 is 0 Å². The van der Waals surface area contributed by atoms with Crippen molar-refractivity contribution >= 4 is 33.2 Å². The van der Waals surface area contributed by atoms with Crippen molar-refractivity contribution in [1.82, 2.24) is 14.1 Å². The number of aryl methyl sites for hydroxylation is 1. The fraction of sp³-hybridized carbons (Fsp3) is 0.261. The van der Waals surface area contributed by atoms with Crippen molar-refractivity contribution in [3.8, 4) is 5.69 Å². The summed E-state index contributed by atoms with van der Waals surface area (Å²) in [7, 11) is -3.74. The predicted octanol–water partition coefficient (Wildman–Crippen LogP) is 1.37. The van der Waals surface area contributed by atoms with Crippen LogP contribution in [0.15, 0.2) is 60.8 Å². The van der Waals surface area contributed by atoms with Gasteiger partial charge in [0.2, 0.25) is 15.9 Å². The van der Waals surface area contributed by atoms with E-state index < -0.39 is 27.6 Å². The molecule has 0 spiro atoms. The van der Waals surface area contributed by atoms with Crippen LogP contribution in [0.5, 0.6) is 0 Å². The van der Waals surface area contributed by atoms with Crippen LogP contribution in [0.25, 0.3) is 5.69 Å². The number of aromatic nitrogens is 2. The number of nitrogens with zero attached hydrogens (tertiary/aromatic N) is 4. The fourth-order valence-corrected chi connectivity index (χ4v) is 5.11. The van der Waals surface area contributed by atoms with E-state index in [0.717, 1.165) is 11.3 Å².